The van der Waals surface area contributed by atoms with Crippen molar-refractivity contribution in [1.82, 2.24) is 0 Å². The quantitative estimate of drug-likeness (QED) is 0.882. The van der Waals surface area contributed by atoms with Crippen LogP contribution in [0.25, 0.3) is 0 Å². The number of aliphatic carboxylic acids is 1. The Labute approximate surface area is 113 Å². The second-order valence-electron chi connectivity index (χ2n) is 5.32. The van der Waals surface area contributed by atoms with Gasteiger partial charge in [-0.1, -0.05) is 30.3 Å². The van der Waals surface area contributed by atoms with Gasteiger partial charge in [0.05, 0.1) is 6.42 Å². The molecule has 0 aromatic heterocycles. The zero-order valence-corrected chi connectivity index (χ0v) is 11.0. The van der Waals surface area contributed by atoms with Crippen LogP contribution in [-0.4, -0.2) is 16.9 Å². The molecule has 1 fully saturated rings. The molecular weight excluding hydrogens is 240 g/mol. The molecule has 3 nitrogen and oxygen atoms in total. The van der Waals surface area contributed by atoms with Gasteiger partial charge in [0.25, 0.3) is 0 Å². The molecule has 2 rings (SSSR count). The monoisotopic (exact) mass is 260 g/mol. The van der Waals surface area contributed by atoms with Crippen molar-refractivity contribution in [3.8, 4) is 0 Å². The van der Waals surface area contributed by atoms with Crippen molar-refractivity contribution < 1.29 is 14.7 Å². The average Bonchev–Trinajstić information content (AvgIpc) is 2.46. The van der Waals surface area contributed by atoms with E-state index in [1.54, 1.807) is 0 Å². The normalized spacial score (nSPS) is 22.9. The number of benzene rings is 1. The summed E-state index contributed by atoms with van der Waals surface area (Å²) in [6.07, 6.45) is 4.03. The summed E-state index contributed by atoms with van der Waals surface area (Å²) in [4.78, 5) is 22.4. The number of carboxylic acids is 1. The molecule has 1 aliphatic carbocycles. The number of carboxylic acid groups (broad SMARTS) is 1. The van der Waals surface area contributed by atoms with Crippen LogP contribution in [0.2, 0.25) is 0 Å². The van der Waals surface area contributed by atoms with Crippen molar-refractivity contribution in [2.75, 3.05) is 0 Å². The number of rotatable bonds is 5. The first-order valence-corrected chi connectivity index (χ1v) is 6.96. The fraction of sp³-hybridized carbons (Fsp3) is 0.500. The van der Waals surface area contributed by atoms with Crippen molar-refractivity contribution in [3.63, 3.8) is 0 Å². The fourth-order valence-electron chi connectivity index (χ4n) is 2.91. The van der Waals surface area contributed by atoms with E-state index in [-0.39, 0.29) is 24.5 Å². The lowest BCUT2D eigenvalue weighted by atomic mass is 9.76. The summed E-state index contributed by atoms with van der Waals surface area (Å²) in [6, 6.07) is 10.4. The van der Waals surface area contributed by atoms with Crippen LogP contribution in [-0.2, 0) is 9.59 Å². The summed E-state index contributed by atoms with van der Waals surface area (Å²) in [7, 11) is 0. The van der Waals surface area contributed by atoms with Crippen LogP contribution in [0.15, 0.2) is 30.3 Å². The molecule has 3 heteroatoms. The summed E-state index contributed by atoms with van der Waals surface area (Å²) in [5, 5.41) is 8.60. The Morgan fingerprint density at radius 2 is 1.63 bits per heavy atom. The van der Waals surface area contributed by atoms with E-state index in [9.17, 15) is 9.59 Å². The highest BCUT2D eigenvalue weighted by molar-refractivity contribution is 5.84. The van der Waals surface area contributed by atoms with E-state index in [1.807, 2.05) is 6.07 Å². The van der Waals surface area contributed by atoms with Crippen LogP contribution in [0.3, 0.4) is 0 Å². The van der Waals surface area contributed by atoms with Gasteiger partial charge in [0.15, 0.2) is 0 Å². The number of hydrogen-bond donors (Lipinski definition) is 1. The van der Waals surface area contributed by atoms with Gasteiger partial charge < -0.3 is 5.11 Å². The highest BCUT2D eigenvalue weighted by atomic mass is 16.4. The third kappa shape index (κ3) is 3.91. The lowest BCUT2D eigenvalue weighted by molar-refractivity contribution is -0.139. The molecule has 0 amide bonds. The second kappa shape index (κ2) is 6.50. The van der Waals surface area contributed by atoms with E-state index in [0.717, 1.165) is 25.7 Å². The first-order valence-electron chi connectivity index (χ1n) is 6.96. The van der Waals surface area contributed by atoms with Gasteiger partial charge in [-0.05, 0) is 37.2 Å². The standard InChI is InChI=1S/C16H20O3/c17-15(10-11-16(18)19)14-8-6-13(7-9-14)12-4-2-1-3-5-12/h1-5,13-14H,6-11H2,(H,18,19). The lowest BCUT2D eigenvalue weighted by Gasteiger charge is -2.27. The maximum Gasteiger partial charge on any atom is 0.303 e. The van der Waals surface area contributed by atoms with E-state index >= 15 is 0 Å². The Bertz CT molecular complexity index is 431. The highest BCUT2D eigenvalue weighted by Gasteiger charge is 2.26. The summed E-state index contributed by atoms with van der Waals surface area (Å²) in [6.45, 7) is 0. The third-order valence-corrected chi connectivity index (χ3v) is 4.04. The summed E-state index contributed by atoms with van der Waals surface area (Å²) in [5.74, 6) is -0.107. The minimum atomic E-state index is -0.883. The van der Waals surface area contributed by atoms with Crippen molar-refractivity contribution in [1.29, 1.82) is 0 Å². The van der Waals surface area contributed by atoms with Crippen LogP contribution in [0.5, 0.6) is 0 Å². The number of Topliss-reactive ketones (excluding diaryl/α,β-unsaturated/α-hetero) is 1. The van der Waals surface area contributed by atoms with Gasteiger partial charge in [0, 0.05) is 12.3 Å². The molecule has 0 heterocycles. The van der Waals surface area contributed by atoms with Crippen LogP contribution in [0.1, 0.15) is 50.0 Å². The third-order valence-electron chi connectivity index (χ3n) is 4.04. The first-order chi connectivity index (χ1) is 9.16. The van der Waals surface area contributed by atoms with Crippen molar-refractivity contribution >= 4 is 11.8 Å². The number of ketones is 1. The van der Waals surface area contributed by atoms with E-state index < -0.39 is 5.97 Å². The molecule has 0 spiro atoms. The van der Waals surface area contributed by atoms with Gasteiger partial charge in [0.2, 0.25) is 0 Å². The molecular formula is C16H20O3. The molecule has 1 aliphatic rings. The largest absolute Gasteiger partial charge is 0.481 e. The maximum absolute atomic E-state index is 11.9. The Kier molecular flexibility index (Phi) is 4.72. The number of hydrogen-bond acceptors (Lipinski definition) is 2. The second-order valence-corrected chi connectivity index (χ2v) is 5.32. The molecule has 0 saturated heterocycles. The molecule has 0 radical (unpaired) electrons. The number of carbonyl (C=O) groups is 2. The minimum absolute atomic E-state index is 0.0303. The van der Waals surface area contributed by atoms with Crippen molar-refractivity contribution in [3.05, 3.63) is 35.9 Å². The predicted molar refractivity (Wildman–Crippen MR) is 73.0 cm³/mol. The van der Waals surface area contributed by atoms with Gasteiger partial charge in [-0.15, -0.1) is 0 Å². The molecule has 102 valence electrons. The van der Waals surface area contributed by atoms with Gasteiger partial charge in [-0.3, -0.25) is 9.59 Å². The summed E-state index contributed by atoms with van der Waals surface area (Å²) >= 11 is 0. The molecule has 0 aliphatic heterocycles. The highest BCUT2D eigenvalue weighted by Crippen LogP contribution is 2.36. The van der Waals surface area contributed by atoms with Gasteiger partial charge in [0.1, 0.15) is 5.78 Å². The zero-order chi connectivity index (χ0) is 13.7. The van der Waals surface area contributed by atoms with Gasteiger partial charge in [-0.25, -0.2) is 0 Å². The van der Waals surface area contributed by atoms with Crippen LogP contribution >= 0.6 is 0 Å². The Hall–Kier alpha value is -1.64. The summed E-state index contributed by atoms with van der Waals surface area (Å²) in [5.41, 5.74) is 1.36. The molecule has 1 N–H and O–H groups in total. The minimum Gasteiger partial charge on any atom is -0.481 e. The topological polar surface area (TPSA) is 54.4 Å². The van der Waals surface area contributed by atoms with Crippen LogP contribution < -0.4 is 0 Å². The van der Waals surface area contributed by atoms with E-state index in [2.05, 4.69) is 24.3 Å². The summed E-state index contributed by atoms with van der Waals surface area (Å²) < 4.78 is 0. The van der Waals surface area contributed by atoms with E-state index in [0.29, 0.717) is 5.92 Å². The SMILES string of the molecule is O=C(O)CCC(=O)C1CCC(c2ccccc2)CC1. The molecule has 1 saturated carbocycles. The molecule has 0 unspecified atom stereocenters. The average molecular weight is 260 g/mol. The van der Waals surface area contributed by atoms with Crippen molar-refractivity contribution in [2.24, 2.45) is 5.92 Å². The molecule has 0 bridgehead atoms. The Balaban J connectivity index is 1.82. The number of carbonyl (C=O) groups excluding carboxylic acids is 1. The van der Waals surface area contributed by atoms with Gasteiger partial charge in [-0.2, -0.15) is 0 Å². The maximum atomic E-state index is 11.9. The zero-order valence-electron chi connectivity index (χ0n) is 11.0. The van der Waals surface area contributed by atoms with Crippen LogP contribution in [0, 0.1) is 5.92 Å². The van der Waals surface area contributed by atoms with E-state index in [4.69, 9.17) is 5.11 Å². The molecule has 19 heavy (non-hydrogen) atoms. The first kappa shape index (κ1) is 13.8. The molecule has 0 atom stereocenters. The fourth-order valence-corrected chi connectivity index (χ4v) is 2.91. The van der Waals surface area contributed by atoms with E-state index in [1.165, 1.54) is 5.56 Å². The lowest BCUT2D eigenvalue weighted by Crippen LogP contribution is -2.21. The van der Waals surface area contributed by atoms with Crippen LogP contribution in [0.4, 0.5) is 0 Å². The van der Waals surface area contributed by atoms with Crippen molar-refractivity contribution in [2.45, 2.75) is 44.4 Å². The molecule has 1 aromatic rings. The molecule has 1 aromatic carbocycles. The smallest absolute Gasteiger partial charge is 0.303 e. The Morgan fingerprint density at radius 3 is 2.21 bits per heavy atom. The Morgan fingerprint density at radius 1 is 1.00 bits per heavy atom. The van der Waals surface area contributed by atoms with Gasteiger partial charge >= 0.3 is 5.97 Å². The predicted octanol–water partition coefficient (Wildman–Crippen LogP) is 3.39.